The van der Waals surface area contributed by atoms with Gasteiger partial charge in [-0.2, -0.15) is 0 Å². The van der Waals surface area contributed by atoms with Crippen LogP contribution in [0.3, 0.4) is 0 Å². The Morgan fingerprint density at radius 1 is 1.12 bits per heavy atom. The zero-order valence-corrected chi connectivity index (χ0v) is 19.4. The number of nitrogens with zero attached hydrogens (tertiary/aromatic N) is 2. The summed E-state index contributed by atoms with van der Waals surface area (Å²) in [6.45, 7) is 3.78. The van der Waals surface area contributed by atoms with Crippen molar-refractivity contribution in [3.8, 4) is 5.75 Å². The van der Waals surface area contributed by atoms with Crippen LogP contribution in [0.25, 0.3) is 0 Å². The van der Waals surface area contributed by atoms with Gasteiger partial charge in [0, 0.05) is 23.6 Å². The molecule has 4 aliphatic rings. The molecule has 0 saturated carbocycles. The topological polar surface area (TPSA) is 96.0 Å². The van der Waals surface area contributed by atoms with Crippen molar-refractivity contribution in [1.82, 2.24) is 4.90 Å². The standard InChI is InChI=1S/C25H22ClN3O5/c1-12-17(26)10-9-16-21(12)27-24(33)25(16)20-19(18-4-3-11-28(18)25)22(31)29(23(20)32)14-5-7-15(8-6-14)34-13(2)30/h5-10,18-20H,3-4,11H2,1-2H3,(H,27,33). The Balaban J connectivity index is 1.48. The summed E-state index contributed by atoms with van der Waals surface area (Å²) in [4.78, 5) is 55.9. The maximum absolute atomic E-state index is 13.9. The van der Waals surface area contributed by atoms with E-state index < -0.39 is 23.3 Å². The highest BCUT2D eigenvalue weighted by Gasteiger charge is 2.74. The van der Waals surface area contributed by atoms with Crippen molar-refractivity contribution in [2.24, 2.45) is 11.8 Å². The van der Waals surface area contributed by atoms with Crippen molar-refractivity contribution in [3.05, 3.63) is 52.5 Å². The molecule has 9 heteroatoms. The Bertz CT molecular complexity index is 1290. The lowest BCUT2D eigenvalue weighted by atomic mass is 9.75. The Kier molecular flexibility index (Phi) is 4.47. The number of fused-ring (bicyclic) bond motifs is 7. The second kappa shape index (κ2) is 7.13. The van der Waals surface area contributed by atoms with Gasteiger partial charge in [-0.15, -0.1) is 0 Å². The minimum Gasteiger partial charge on any atom is -0.427 e. The molecule has 4 heterocycles. The number of ether oxygens (including phenoxy) is 1. The lowest BCUT2D eigenvalue weighted by Crippen LogP contribution is -2.54. The van der Waals surface area contributed by atoms with E-state index in [2.05, 4.69) is 10.2 Å². The highest BCUT2D eigenvalue weighted by atomic mass is 35.5. The number of carbonyl (C=O) groups is 4. The van der Waals surface area contributed by atoms with Crippen LogP contribution in [-0.2, 0) is 24.7 Å². The summed E-state index contributed by atoms with van der Waals surface area (Å²) in [6.07, 6.45) is 1.60. The predicted molar refractivity (Wildman–Crippen MR) is 123 cm³/mol. The van der Waals surface area contributed by atoms with E-state index in [-0.39, 0.29) is 23.8 Å². The van der Waals surface area contributed by atoms with Crippen LogP contribution in [0, 0.1) is 18.8 Å². The molecule has 1 N–H and O–H groups in total. The number of benzene rings is 2. The minimum absolute atomic E-state index is 0.195. The SMILES string of the molecule is CC(=O)Oc1ccc(N2C(=O)C3C4CCCN4C4(C(=O)Nc5c4ccc(Cl)c5C)C3C2=O)cc1. The molecule has 4 atom stereocenters. The molecule has 34 heavy (non-hydrogen) atoms. The van der Waals surface area contributed by atoms with Crippen LogP contribution >= 0.6 is 11.6 Å². The van der Waals surface area contributed by atoms with Gasteiger partial charge < -0.3 is 10.1 Å². The van der Waals surface area contributed by atoms with Crippen LogP contribution in [0.2, 0.25) is 5.02 Å². The Morgan fingerprint density at radius 2 is 1.85 bits per heavy atom. The monoisotopic (exact) mass is 479 g/mol. The molecule has 3 saturated heterocycles. The number of rotatable bonds is 2. The molecule has 0 aliphatic carbocycles. The van der Waals surface area contributed by atoms with Crippen molar-refractivity contribution in [2.75, 3.05) is 16.8 Å². The predicted octanol–water partition coefficient (Wildman–Crippen LogP) is 3.00. The normalized spacial score (nSPS) is 29.4. The highest BCUT2D eigenvalue weighted by molar-refractivity contribution is 6.32. The summed E-state index contributed by atoms with van der Waals surface area (Å²) >= 11 is 6.33. The quantitative estimate of drug-likeness (QED) is 0.404. The second-order valence-corrected chi connectivity index (χ2v) is 9.73. The van der Waals surface area contributed by atoms with Gasteiger partial charge in [0.05, 0.1) is 23.2 Å². The minimum atomic E-state index is -1.24. The van der Waals surface area contributed by atoms with Gasteiger partial charge in [-0.3, -0.25) is 24.1 Å². The molecule has 3 amide bonds. The number of hydrogen-bond acceptors (Lipinski definition) is 6. The Morgan fingerprint density at radius 3 is 2.56 bits per heavy atom. The molecule has 6 rings (SSSR count). The fourth-order valence-corrected chi connectivity index (χ4v) is 6.63. The molecular weight excluding hydrogens is 458 g/mol. The van der Waals surface area contributed by atoms with E-state index in [1.54, 1.807) is 30.3 Å². The summed E-state index contributed by atoms with van der Waals surface area (Å²) in [5.74, 6) is -2.54. The van der Waals surface area contributed by atoms with Gasteiger partial charge in [0.25, 0.3) is 0 Å². The van der Waals surface area contributed by atoms with E-state index in [4.69, 9.17) is 16.3 Å². The van der Waals surface area contributed by atoms with E-state index in [1.807, 2.05) is 13.0 Å². The largest absolute Gasteiger partial charge is 0.427 e. The van der Waals surface area contributed by atoms with Gasteiger partial charge in [-0.05, 0) is 62.2 Å². The zero-order chi connectivity index (χ0) is 23.9. The molecule has 2 aromatic carbocycles. The number of nitrogens with one attached hydrogen (secondary N) is 1. The van der Waals surface area contributed by atoms with E-state index in [9.17, 15) is 19.2 Å². The molecule has 1 spiro atoms. The molecule has 2 aromatic rings. The molecular formula is C25H22ClN3O5. The molecule has 0 bridgehead atoms. The van der Waals surface area contributed by atoms with Gasteiger partial charge >= 0.3 is 5.97 Å². The smallest absolute Gasteiger partial charge is 0.308 e. The number of esters is 1. The van der Waals surface area contributed by atoms with Crippen LogP contribution in [0.1, 0.15) is 30.9 Å². The van der Waals surface area contributed by atoms with E-state index >= 15 is 0 Å². The average molecular weight is 480 g/mol. The van der Waals surface area contributed by atoms with Gasteiger partial charge in [0.1, 0.15) is 11.3 Å². The number of carbonyl (C=O) groups excluding carboxylic acids is 4. The number of halogens is 1. The second-order valence-electron chi connectivity index (χ2n) is 9.32. The van der Waals surface area contributed by atoms with Crippen LogP contribution in [0.5, 0.6) is 5.75 Å². The molecule has 0 radical (unpaired) electrons. The summed E-state index contributed by atoms with van der Waals surface area (Å²) in [7, 11) is 0. The number of hydrogen-bond donors (Lipinski definition) is 1. The van der Waals surface area contributed by atoms with Gasteiger partial charge in [0.15, 0.2) is 0 Å². The Hall–Kier alpha value is -3.23. The van der Waals surface area contributed by atoms with Gasteiger partial charge in [0.2, 0.25) is 17.7 Å². The van der Waals surface area contributed by atoms with Crippen LogP contribution < -0.4 is 15.0 Å². The first-order chi connectivity index (χ1) is 16.3. The maximum atomic E-state index is 13.9. The zero-order valence-electron chi connectivity index (χ0n) is 18.6. The number of amides is 3. The fourth-order valence-electron chi connectivity index (χ4n) is 6.47. The molecule has 0 aromatic heterocycles. The summed E-state index contributed by atoms with van der Waals surface area (Å²) in [5, 5.41) is 3.52. The first kappa shape index (κ1) is 21.3. The average Bonchev–Trinajstić information content (AvgIpc) is 3.50. The Labute approximate surface area is 200 Å². The number of anilines is 2. The lowest BCUT2D eigenvalue weighted by molar-refractivity contribution is -0.135. The first-order valence-electron chi connectivity index (χ1n) is 11.3. The summed E-state index contributed by atoms with van der Waals surface area (Å²) < 4.78 is 5.07. The van der Waals surface area contributed by atoms with Gasteiger partial charge in [-0.25, -0.2) is 4.90 Å². The van der Waals surface area contributed by atoms with Crippen LogP contribution in [-0.4, -0.2) is 41.2 Å². The van der Waals surface area contributed by atoms with Crippen molar-refractivity contribution in [3.63, 3.8) is 0 Å². The van der Waals surface area contributed by atoms with Crippen molar-refractivity contribution in [2.45, 2.75) is 38.3 Å². The maximum Gasteiger partial charge on any atom is 0.308 e. The third-order valence-corrected chi connectivity index (χ3v) is 8.13. The summed E-state index contributed by atoms with van der Waals surface area (Å²) in [6, 6.07) is 9.64. The third kappa shape index (κ3) is 2.52. The fraction of sp³-hybridized carbons (Fsp3) is 0.360. The molecule has 174 valence electrons. The van der Waals surface area contributed by atoms with Crippen LogP contribution in [0.4, 0.5) is 11.4 Å². The van der Waals surface area contributed by atoms with Crippen LogP contribution in [0.15, 0.2) is 36.4 Å². The van der Waals surface area contributed by atoms with E-state index in [1.165, 1.54) is 11.8 Å². The van der Waals surface area contributed by atoms with Crippen molar-refractivity contribution >= 4 is 46.7 Å². The van der Waals surface area contributed by atoms with Crippen molar-refractivity contribution in [1.29, 1.82) is 0 Å². The van der Waals surface area contributed by atoms with Gasteiger partial charge in [-0.1, -0.05) is 17.7 Å². The third-order valence-electron chi connectivity index (χ3n) is 7.72. The van der Waals surface area contributed by atoms with E-state index in [0.717, 1.165) is 18.4 Å². The summed E-state index contributed by atoms with van der Waals surface area (Å²) in [5.41, 5.74) is 1.25. The molecule has 8 nitrogen and oxygen atoms in total. The number of imide groups is 1. The lowest BCUT2D eigenvalue weighted by Gasteiger charge is -2.36. The molecule has 4 aliphatic heterocycles. The van der Waals surface area contributed by atoms with Crippen molar-refractivity contribution < 1.29 is 23.9 Å². The first-order valence-corrected chi connectivity index (χ1v) is 11.7. The van der Waals surface area contributed by atoms with E-state index in [0.29, 0.717) is 34.3 Å². The molecule has 3 fully saturated rings. The molecule has 4 unspecified atom stereocenters. The highest BCUT2D eigenvalue weighted by Crippen LogP contribution is 2.61.